The number of benzene rings is 2. The largest absolute Gasteiger partial charge is 0.492 e. The van der Waals surface area contributed by atoms with E-state index in [0.29, 0.717) is 5.41 Å². The molecule has 18 heavy (non-hydrogen) atoms. The Bertz CT molecular complexity index is 540. The second-order valence-electron chi connectivity index (χ2n) is 5.76. The van der Waals surface area contributed by atoms with Gasteiger partial charge in [0, 0.05) is 0 Å². The van der Waals surface area contributed by atoms with Crippen molar-refractivity contribution in [1.82, 2.24) is 0 Å². The molecular weight excluding hydrogens is 288 g/mol. The third-order valence-electron chi connectivity index (χ3n) is 2.94. The molecule has 2 aromatic rings. The minimum absolute atomic E-state index is 0.309. The normalized spacial score (nSPS) is 11.8. The monoisotopic (exact) mass is 306 g/mol. The van der Waals surface area contributed by atoms with Crippen molar-refractivity contribution in [2.75, 3.05) is 6.61 Å². The molecule has 2 aromatic carbocycles. The number of rotatable bonds is 3. The van der Waals surface area contributed by atoms with E-state index >= 15 is 0 Å². The van der Waals surface area contributed by atoms with Crippen molar-refractivity contribution in [2.45, 2.75) is 27.2 Å². The second-order valence-corrected chi connectivity index (χ2v) is 6.55. The molecule has 0 aliphatic rings. The lowest BCUT2D eigenvalue weighted by Gasteiger charge is -2.18. The molecule has 0 fully saturated rings. The van der Waals surface area contributed by atoms with Crippen LogP contribution in [0.3, 0.4) is 0 Å². The highest BCUT2D eigenvalue weighted by atomic mass is 79.9. The predicted octanol–water partition coefficient (Wildman–Crippen LogP) is 5.42. The Hall–Kier alpha value is -1.02. The summed E-state index contributed by atoms with van der Waals surface area (Å²) in [6.07, 6.45) is 1.05. The average Bonchev–Trinajstić information content (AvgIpc) is 2.31. The predicted molar refractivity (Wildman–Crippen MR) is 81.2 cm³/mol. The quantitative estimate of drug-likeness (QED) is 0.736. The van der Waals surface area contributed by atoms with Crippen LogP contribution in [0.1, 0.15) is 27.2 Å². The molecule has 0 spiro atoms. The maximum absolute atomic E-state index is 5.87. The third-order valence-corrected chi connectivity index (χ3v) is 3.76. The van der Waals surface area contributed by atoms with Gasteiger partial charge in [0.25, 0.3) is 0 Å². The summed E-state index contributed by atoms with van der Waals surface area (Å²) in [5.74, 6) is 0.929. The molecule has 0 unspecified atom stereocenters. The molecule has 0 heterocycles. The SMILES string of the molecule is CC(C)(C)CCOc1ccc2ccccc2c1Br. The molecule has 0 amide bonds. The molecule has 0 atom stereocenters. The first-order valence-corrected chi connectivity index (χ1v) is 7.07. The van der Waals surface area contributed by atoms with Crippen LogP contribution in [-0.4, -0.2) is 6.61 Å². The van der Waals surface area contributed by atoms with E-state index in [9.17, 15) is 0 Å². The van der Waals surface area contributed by atoms with E-state index in [4.69, 9.17) is 4.74 Å². The van der Waals surface area contributed by atoms with E-state index < -0.39 is 0 Å². The molecular formula is C16H19BrO. The van der Waals surface area contributed by atoms with Crippen molar-refractivity contribution >= 4 is 26.7 Å². The fourth-order valence-corrected chi connectivity index (χ4v) is 2.40. The Labute approximate surface area is 117 Å². The molecule has 0 saturated heterocycles. The van der Waals surface area contributed by atoms with Gasteiger partial charge in [-0.2, -0.15) is 0 Å². The Balaban J connectivity index is 2.17. The Morgan fingerprint density at radius 3 is 2.50 bits per heavy atom. The highest BCUT2D eigenvalue weighted by molar-refractivity contribution is 9.10. The smallest absolute Gasteiger partial charge is 0.134 e. The summed E-state index contributed by atoms with van der Waals surface area (Å²) in [5, 5.41) is 2.43. The van der Waals surface area contributed by atoms with Crippen molar-refractivity contribution in [3.8, 4) is 5.75 Å². The fourth-order valence-electron chi connectivity index (χ4n) is 1.79. The Morgan fingerprint density at radius 2 is 1.78 bits per heavy atom. The lowest BCUT2D eigenvalue weighted by Crippen LogP contribution is -2.11. The van der Waals surface area contributed by atoms with Crippen molar-refractivity contribution in [1.29, 1.82) is 0 Å². The van der Waals surface area contributed by atoms with Crippen LogP contribution < -0.4 is 4.74 Å². The number of fused-ring (bicyclic) bond motifs is 1. The van der Waals surface area contributed by atoms with E-state index in [1.807, 2.05) is 12.1 Å². The van der Waals surface area contributed by atoms with E-state index in [2.05, 4.69) is 61.0 Å². The Morgan fingerprint density at radius 1 is 1.06 bits per heavy atom. The molecule has 2 heteroatoms. The van der Waals surface area contributed by atoms with Gasteiger partial charge in [-0.1, -0.05) is 51.1 Å². The van der Waals surface area contributed by atoms with Crippen LogP contribution in [0.5, 0.6) is 5.75 Å². The first-order chi connectivity index (χ1) is 8.47. The molecule has 1 nitrogen and oxygen atoms in total. The first-order valence-electron chi connectivity index (χ1n) is 6.27. The molecule has 0 bridgehead atoms. The summed E-state index contributed by atoms with van der Waals surface area (Å²) in [4.78, 5) is 0. The summed E-state index contributed by atoms with van der Waals surface area (Å²) >= 11 is 3.64. The minimum atomic E-state index is 0.309. The molecule has 0 aliphatic carbocycles. The molecule has 0 aromatic heterocycles. The van der Waals surface area contributed by atoms with Crippen LogP contribution in [0.4, 0.5) is 0 Å². The molecule has 0 aliphatic heterocycles. The minimum Gasteiger partial charge on any atom is -0.492 e. The van der Waals surface area contributed by atoms with E-state index in [1.165, 1.54) is 10.8 Å². The van der Waals surface area contributed by atoms with Crippen molar-refractivity contribution in [3.05, 3.63) is 40.9 Å². The zero-order valence-electron chi connectivity index (χ0n) is 11.2. The maximum atomic E-state index is 5.87. The van der Waals surface area contributed by atoms with Gasteiger partial charge in [-0.3, -0.25) is 0 Å². The number of ether oxygens (including phenoxy) is 1. The van der Waals surface area contributed by atoms with Gasteiger partial charge in [-0.15, -0.1) is 0 Å². The van der Waals surface area contributed by atoms with Gasteiger partial charge in [-0.25, -0.2) is 0 Å². The highest BCUT2D eigenvalue weighted by Crippen LogP contribution is 2.33. The summed E-state index contributed by atoms with van der Waals surface area (Å²) < 4.78 is 6.92. The summed E-state index contributed by atoms with van der Waals surface area (Å²) in [6.45, 7) is 7.43. The average molecular weight is 307 g/mol. The molecule has 0 saturated carbocycles. The number of hydrogen-bond acceptors (Lipinski definition) is 1. The van der Waals surface area contributed by atoms with Crippen LogP contribution in [0.2, 0.25) is 0 Å². The summed E-state index contributed by atoms with van der Waals surface area (Å²) in [7, 11) is 0. The van der Waals surface area contributed by atoms with Crippen molar-refractivity contribution in [2.24, 2.45) is 5.41 Å². The lowest BCUT2D eigenvalue weighted by atomic mass is 9.93. The van der Waals surface area contributed by atoms with Gasteiger partial charge >= 0.3 is 0 Å². The molecule has 0 radical (unpaired) electrons. The summed E-state index contributed by atoms with van der Waals surface area (Å²) in [6, 6.07) is 12.5. The van der Waals surface area contributed by atoms with E-state index in [0.717, 1.165) is 23.2 Å². The van der Waals surface area contributed by atoms with Gasteiger partial charge in [0.15, 0.2) is 0 Å². The van der Waals surface area contributed by atoms with Crippen LogP contribution in [0.15, 0.2) is 40.9 Å². The summed E-state index contributed by atoms with van der Waals surface area (Å²) in [5.41, 5.74) is 0.309. The van der Waals surface area contributed by atoms with Gasteiger partial charge < -0.3 is 4.74 Å². The van der Waals surface area contributed by atoms with Crippen LogP contribution in [-0.2, 0) is 0 Å². The van der Waals surface area contributed by atoms with Crippen molar-refractivity contribution < 1.29 is 4.74 Å². The standard InChI is InChI=1S/C16H19BrO/c1-16(2,3)10-11-18-14-9-8-12-6-4-5-7-13(12)15(14)17/h4-9H,10-11H2,1-3H3. The van der Waals surface area contributed by atoms with Crippen LogP contribution >= 0.6 is 15.9 Å². The zero-order chi connectivity index (χ0) is 13.2. The molecule has 96 valence electrons. The first kappa shape index (κ1) is 13.4. The van der Waals surface area contributed by atoms with E-state index in [1.54, 1.807) is 0 Å². The topological polar surface area (TPSA) is 9.23 Å². The van der Waals surface area contributed by atoms with Crippen LogP contribution in [0, 0.1) is 5.41 Å². The van der Waals surface area contributed by atoms with Gasteiger partial charge in [0.1, 0.15) is 5.75 Å². The molecule has 2 rings (SSSR count). The Kier molecular flexibility index (Phi) is 3.96. The maximum Gasteiger partial charge on any atom is 0.134 e. The van der Waals surface area contributed by atoms with Gasteiger partial charge in [0.05, 0.1) is 11.1 Å². The highest BCUT2D eigenvalue weighted by Gasteiger charge is 2.11. The lowest BCUT2D eigenvalue weighted by molar-refractivity contribution is 0.242. The van der Waals surface area contributed by atoms with Gasteiger partial charge in [-0.05, 0) is 44.6 Å². The zero-order valence-corrected chi connectivity index (χ0v) is 12.8. The van der Waals surface area contributed by atoms with Crippen LogP contribution in [0.25, 0.3) is 10.8 Å². The number of halogens is 1. The van der Waals surface area contributed by atoms with Crippen molar-refractivity contribution in [3.63, 3.8) is 0 Å². The third kappa shape index (κ3) is 3.26. The van der Waals surface area contributed by atoms with E-state index in [-0.39, 0.29) is 0 Å². The number of hydrogen-bond donors (Lipinski definition) is 0. The second kappa shape index (κ2) is 5.31. The molecule has 0 N–H and O–H groups in total. The fraction of sp³-hybridized carbons (Fsp3) is 0.375. The van der Waals surface area contributed by atoms with Gasteiger partial charge in [0.2, 0.25) is 0 Å².